The van der Waals surface area contributed by atoms with E-state index in [1.54, 1.807) is 11.3 Å². The smallest absolute Gasteiger partial charge is 0.195 e. The third-order valence-corrected chi connectivity index (χ3v) is 2.84. The molecule has 0 N–H and O–H groups in total. The molecule has 0 saturated heterocycles. The van der Waals surface area contributed by atoms with Gasteiger partial charge in [-0.15, -0.1) is 17.8 Å². The zero-order valence-electron chi connectivity index (χ0n) is 6.96. The van der Waals surface area contributed by atoms with Crippen molar-refractivity contribution in [3.63, 3.8) is 0 Å². The maximum Gasteiger partial charge on any atom is 0.195 e. The van der Waals surface area contributed by atoms with Crippen LogP contribution in [-0.4, -0.2) is 9.38 Å². The summed E-state index contributed by atoms with van der Waals surface area (Å²) < 4.78 is 2.08. The molecule has 0 saturated carbocycles. The molecule has 0 spiro atoms. The van der Waals surface area contributed by atoms with E-state index >= 15 is 0 Å². The van der Waals surface area contributed by atoms with Crippen LogP contribution in [-0.2, 0) is 0 Å². The number of aromatic nitrogens is 2. The molecule has 0 fully saturated rings. The molecular weight excluding hydrogens is 168 g/mol. The molecule has 0 aliphatic heterocycles. The number of rotatable bonds is 0. The minimum Gasteiger partial charge on any atom is -0.291 e. The van der Waals surface area contributed by atoms with Crippen LogP contribution in [0.4, 0.5) is 0 Å². The van der Waals surface area contributed by atoms with Crippen molar-refractivity contribution in [2.75, 3.05) is 0 Å². The third kappa shape index (κ3) is 0.788. The monoisotopic (exact) mass is 176 g/mol. The summed E-state index contributed by atoms with van der Waals surface area (Å²) in [6.45, 7) is 4.05. The fraction of sp³-hybridized carbons (Fsp3) is 0.222. The van der Waals surface area contributed by atoms with Gasteiger partial charge in [0.25, 0.3) is 0 Å². The van der Waals surface area contributed by atoms with Gasteiger partial charge in [0.05, 0.1) is 5.69 Å². The number of aryl methyl sites for hydroxylation is 2. The second-order valence-corrected chi connectivity index (χ2v) is 3.52. The van der Waals surface area contributed by atoms with Crippen molar-refractivity contribution in [3.8, 4) is 12.3 Å². The molecule has 2 aromatic heterocycles. The lowest BCUT2D eigenvalue weighted by Gasteiger charge is -1.91. The van der Waals surface area contributed by atoms with E-state index in [2.05, 4.69) is 27.6 Å². The highest BCUT2D eigenvalue weighted by Gasteiger charge is 2.08. The first kappa shape index (κ1) is 7.38. The summed E-state index contributed by atoms with van der Waals surface area (Å²) in [5.74, 6) is 2.57. The van der Waals surface area contributed by atoms with E-state index < -0.39 is 0 Å². The van der Waals surface area contributed by atoms with Crippen molar-refractivity contribution in [1.29, 1.82) is 0 Å². The van der Waals surface area contributed by atoms with Crippen molar-refractivity contribution in [2.45, 2.75) is 13.8 Å². The first-order valence-electron chi connectivity index (χ1n) is 3.64. The van der Waals surface area contributed by atoms with Crippen LogP contribution in [0.1, 0.15) is 17.1 Å². The predicted octanol–water partition coefficient (Wildman–Crippen LogP) is 1.99. The fourth-order valence-electron chi connectivity index (χ4n) is 1.30. The summed E-state index contributed by atoms with van der Waals surface area (Å²) in [7, 11) is 0. The molecule has 0 aromatic carbocycles. The van der Waals surface area contributed by atoms with Gasteiger partial charge in [0, 0.05) is 11.1 Å². The van der Waals surface area contributed by atoms with Gasteiger partial charge in [-0.1, -0.05) is 0 Å². The molecule has 2 aromatic rings. The average Bonchev–Trinajstić information content (AvgIpc) is 2.55. The second-order valence-electron chi connectivity index (χ2n) is 2.69. The van der Waals surface area contributed by atoms with Gasteiger partial charge in [0.1, 0.15) is 5.69 Å². The lowest BCUT2D eigenvalue weighted by Crippen LogP contribution is -1.87. The highest BCUT2D eigenvalue weighted by atomic mass is 32.1. The lowest BCUT2D eigenvalue weighted by atomic mass is 10.3. The molecule has 60 valence electrons. The van der Waals surface area contributed by atoms with Crippen molar-refractivity contribution >= 4 is 16.3 Å². The summed E-state index contributed by atoms with van der Waals surface area (Å²) in [4.78, 5) is 5.28. The fourth-order valence-corrected chi connectivity index (χ4v) is 2.21. The Kier molecular flexibility index (Phi) is 1.45. The SMILES string of the molecule is C#Cc1nc2scc(C)n2c1C. The van der Waals surface area contributed by atoms with Crippen LogP contribution in [0.5, 0.6) is 0 Å². The van der Waals surface area contributed by atoms with E-state index in [4.69, 9.17) is 6.42 Å². The van der Waals surface area contributed by atoms with Gasteiger partial charge in [-0.3, -0.25) is 4.40 Å². The first-order chi connectivity index (χ1) is 5.74. The average molecular weight is 176 g/mol. The molecule has 0 atom stereocenters. The molecule has 2 nitrogen and oxygen atoms in total. The van der Waals surface area contributed by atoms with Crippen molar-refractivity contribution in [1.82, 2.24) is 9.38 Å². The molecule has 0 amide bonds. The molecule has 0 aliphatic carbocycles. The van der Waals surface area contributed by atoms with E-state index in [-0.39, 0.29) is 0 Å². The van der Waals surface area contributed by atoms with Gasteiger partial charge in [-0.05, 0) is 19.8 Å². The van der Waals surface area contributed by atoms with Crippen molar-refractivity contribution < 1.29 is 0 Å². The van der Waals surface area contributed by atoms with E-state index in [1.807, 2.05) is 6.92 Å². The molecule has 2 rings (SSSR count). The van der Waals surface area contributed by atoms with Crippen LogP contribution in [0.25, 0.3) is 4.96 Å². The minimum absolute atomic E-state index is 0.755. The molecule has 2 heterocycles. The number of hydrogen-bond acceptors (Lipinski definition) is 2. The van der Waals surface area contributed by atoms with Crippen LogP contribution in [0.3, 0.4) is 0 Å². The van der Waals surface area contributed by atoms with Gasteiger partial charge in [-0.2, -0.15) is 0 Å². The predicted molar refractivity (Wildman–Crippen MR) is 50.5 cm³/mol. The Balaban J connectivity index is 2.92. The van der Waals surface area contributed by atoms with Gasteiger partial charge < -0.3 is 0 Å². The number of imidazole rings is 1. The number of hydrogen-bond donors (Lipinski definition) is 0. The van der Waals surface area contributed by atoms with E-state index in [9.17, 15) is 0 Å². The highest BCUT2D eigenvalue weighted by Crippen LogP contribution is 2.19. The number of nitrogens with zero attached hydrogens (tertiary/aromatic N) is 2. The van der Waals surface area contributed by atoms with E-state index in [0.717, 1.165) is 16.3 Å². The van der Waals surface area contributed by atoms with Crippen LogP contribution in [0, 0.1) is 26.2 Å². The Morgan fingerprint density at radius 1 is 1.58 bits per heavy atom. The molecule has 12 heavy (non-hydrogen) atoms. The van der Waals surface area contributed by atoms with Gasteiger partial charge in [-0.25, -0.2) is 4.98 Å². The zero-order valence-corrected chi connectivity index (χ0v) is 7.77. The summed E-state index contributed by atoms with van der Waals surface area (Å²) in [6.07, 6.45) is 5.30. The highest BCUT2D eigenvalue weighted by molar-refractivity contribution is 7.15. The zero-order chi connectivity index (χ0) is 8.72. The molecule has 3 heteroatoms. The van der Waals surface area contributed by atoms with Crippen LogP contribution in [0.15, 0.2) is 5.38 Å². The largest absolute Gasteiger partial charge is 0.291 e. The normalized spacial score (nSPS) is 10.4. The molecule has 0 radical (unpaired) electrons. The summed E-state index contributed by atoms with van der Waals surface area (Å²) in [6, 6.07) is 0. The molecule has 0 aliphatic rings. The first-order valence-corrected chi connectivity index (χ1v) is 4.51. The van der Waals surface area contributed by atoms with E-state index in [1.165, 1.54) is 5.69 Å². The molecule has 0 bridgehead atoms. The Morgan fingerprint density at radius 3 is 2.92 bits per heavy atom. The summed E-state index contributed by atoms with van der Waals surface area (Å²) in [5.41, 5.74) is 3.01. The standard InChI is InChI=1S/C9H8N2S/c1-4-8-7(3)11-6(2)5-12-9(11)10-8/h1,5H,2-3H3. The van der Waals surface area contributed by atoms with Crippen molar-refractivity contribution in [3.05, 3.63) is 22.5 Å². The maximum absolute atomic E-state index is 5.30. The summed E-state index contributed by atoms with van der Waals surface area (Å²) >= 11 is 1.62. The quantitative estimate of drug-likeness (QED) is 0.561. The number of thiazole rings is 1. The van der Waals surface area contributed by atoms with Crippen LogP contribution in [0.2, 0.25) is 0 Å². The Morgan fingerprint density at radius 2 is 2.33 bits per heavy atom. The lowest BCUT2D eigenvalue weighted by molar-refractivity contribution is 1.06. The van der Waals surface area contributed by atoms with Gasteiger partial charge in [0.2, 0.25) is 0 Å². The number of fused-ring (bicyclic) bond motifs is 1. The summed E-state index contributed by atoms with van der Waals surface area (Å²) in [5, 5.41) is 2.08. The minimum atomic E-state index is 0.755. The molecular formula is C9H8N2S. The number of terminal acetylenes is 1. The maximum atomic E-state index is 5.30. The topological polar surface area (TPSA) is 17.3 Å². The Labute approximate surface area is 74.9 Å². The Bertz CT molecular complexity index is 470. The Hall–Kier alpha value is -1.27. The van der Waals surface area contributed by atoms with Crippen molar-refractivity contribution in [2.24, 2.45) is 0 Å². The second kappa shape index (κ2) is 2.36. The third-order valence-electron chi connectivity index (χ3n) is 1.90. The van der Waals surface area contributed by atoms with Gasteiger partial charge >= 0.3 is 0 Å². The van der Waals surface area contributed by atoms with Crippen LogP contribution >= 0.6 is 11.3 Å². The molecule has 0 unspecified atom stereocenters. The van der Waals surface area contributed by atoms with Gasteiger partial charge in [0.15, 0.2) is 4.96 Å². The van der Waals surface area contributed by atoms with E-state index in [0.29, 0.717) is 0 Å². The van der Waals surface area contributed by atoms with Crippen LogP contribution < -0.4 is 0 Å².